The second-order valence-electron chi connectivity index (χ2n) is 8.49. The zero-order chi connectivity index (χ0) is 24.5. The van der Waals surface area contributed by atoms with Crippen LogP contribution in [-0.4, -0.2) is 40.2 Å². The van der Waals surface area contributed by atoms with E-state index in [-0.39, 0.29) is 35.3 Å². The minimum atomic E-state index is -4.55. The number of aliphatic hydroxyl groups is 1. The summed E-state index contributed by atoms with van der Waals surface area (Å²) in [5, 5.41) is 16.6. The highest BCUT2D eigenvalue weighted by Crippen LogP contribution is 2.36. The van der Waals surface area contributed by atoms with Gasteiger partial charge in [0.1, 0.15) is 11.6 Å². The second-order valence-corrected chi connectivity index (χ2v) is 8.49. The van der Waals surface area contributed by atoms with Gasteiger partial charge < -0.3 is 25.2 Å². The summed E-state index contributed by atoms with van der Waals surface area (Å²) in [5.41, 5.74) is -0.173. The van der Waals surface area contributed by atoms with Gasteiger partial charge in [0.15, 0.2) is 12.5 Å². The maximum absolute atomic E-state index is 13.3. The smallest absolute Gasteiger partial charge is 0.369 e. The van der Waals surface area contributed by atoms with Crippen LogP contribution in [0.2, 0.25) is 0 Å². The van der Waals surface area contributed by atoms with Gasteiger partial charge in [-0.15, -0.1) is 0 Å². The lowest BCUT2D eigenvalue weighted by molar-refractivity contribution is -0.138. The Labute approximate surface area is 194 Å². The van der Waals surface area contributed by atoms with Crippen molar-refractivity contribution in [2.75, 3.05) is 18.5 Å². The molecule has 4 rings (SSSR count). The number of aliphatic hydroxyl groups excluding tert-OH is 1. The molecule has 2 aromatic rings. The van der Waals surface area contributed by atoms with E-state index in [4.69, 9.17) is 9.47 Å². The molecule has 0 bridgehead atoms. The minimum absolute atomic E-state index is 0.0498. The van der Waals surface area contributed by atoms with E-state index in [9.17, 15) is 23.1 Å². The van der Waals surface area contributed by atoms with E-state index in [1.807, 2.05) is 0 Å². The molecule has 1 aromatic carbocycles. The molecule has 1 aliphatic heterocycles. The van der Waals surface area contributed by atoms with Crippen LogP contribution in [0.15, 0.2) is 18.2 Å². The summed E-state index contributed by atoms with van der Waals surface area (Å²) < 4.78 is 51.3. The molecule has 1 atom stereocenters. The van der Waals surface area contributed by atoms with Gasteiger partial charge in [-0.1, -0.05) is 12.1 Å². The van der Waals surface area contributed by atoms with Crippen LogP contribution in [0.25, 0.3) is 0 Å². The Morgan fingerprint density at radius 3 is 2.53 bits per heavy atom. The van der Waals surface area contributed by atoms with Crippen LogP contribution < -0.4 is 10.6 Å². The number of hydrogen-bond donors (Lipinski definition) is 3. The Morgan fingerprint density at radius 1 is 1.21 bits per heavy atom. The number of anilines is 1. The minimum Gasteiger partial charge on any atom is -0.369 e. The molecule has 8 nitrogen and oxygen atoms in total. The molecule has 2 fully saturated rings. The van der Waals surface area contributed by atoms with Crippen LogP contribution in [0, 0.1) is 13.8 Å². The van der Waals surface area contributed by atoms with E-state index < -0.39 is 24.3 Å². The van der Waals surface area contributed by atoms with Gasteiger partial charge in [-0.2, -0.15) is 13.2 Å². The summed E-state index contributed by atoms with van der Waals surface area (Å²) in [6.45, 7) is 3.57. The summed E-state index contributed by atoms with van der Waals surface area (Å²) in [6.07, 6.45) is -4.03. The SMILES string of the molecule is Cc1nc(CC(=O)NC2CCC2)c(C2OCCO2)c(NC(O)c2cccc(C(F)(F)F)c2C)n1. The lowest BCUT2D eigenvalue weighted by Gasteiger charge is -2.27. The molecule has 1 amide bonds. The molecule has 1 aliphatic carbocycles. The number of carbonyl (C=O) groups is 1. The third-order valence-electron chi connectivity index (χ3n) is 6.04. The van der Waals surface area contributed by atoms with Crippen LogP contribution in [0.3, 0.4) is 0 Å². The summed E-state index contributed by atoms with van der Waals surface area (Å²) >= 11 is 0. The van der Waals surface area contributed by atoms with Crippen molar-refractivity contribution in [2.45, 2.75) is 64.3 Å². The van der Waals surface area contributed by atoms with Crippen molar-refractivity contribution in [1.29, 1.82) is 0 Å². The molecule has 1 aromatic heterocycles. The number of nitrogens with one attached hydrogen (secondary N) is 2. The zero-order valence-corrected chi connectivity index (χ0v) is 18.9. The fourth-order valence-corrected chi connectivity index (χ4v) is 4.10. The van der Waals surface area contributed by atoms with E-state index in [0.29, 0.717) is 30.3 Å². The molecule has 11 heteroatoms. The van der Waals surface area contributed by atoms with Crippen LogP contribution in [0.4, 0.5) is 19.0 Å². The number of benzene rings is 1. The first-order chi connectivity index (χ1) is 16.1. The van der Waals surface area contributed by atoms with Crippen LogP contribution >= 0.6 is 0 Å². The van der Waals surface area contributed by atoms with Crippen molar-refractivity contribution in [3.63, 3.8) is 0 Å². The maximum atomic E-state index is 13.3. The number of hydrogen-bond acceptors (Lipinski definition) is 7. The lowest BCUT2D eigenvalue weighted by Crippen LogP contribution is -2.40. The number of aryl methyl sites for hydroxylation is 1. The van der Waals surface area contributed by atoms with Gasteiger partial charge in [0, 0.05) is 11.6 Å². The largest absolute Gasteiger partial charge is 0.416 e. The third-order valence-corrected chi connectivity index (χ3v) is 6.04. The fourth-order valence-electron chi connectivity index (χ4n) is 4.10. The monoisotopic (exact) mass is 480 g/mol. The quantitative estimate of drug-likeness (QED) is 0.521. The molecule has 184 valence electrons. The van der Waals surface area contributed by atoms with Gasteiger partial charge in [-0.25, -0.2) is 9.97 Å². The Bertz CT molecular complexity index is 1050. The summed E-state index contributed by atoms with van der Waals surface area (Å²) in [4.78, 5) is 21.4. The van der Waals surface area contributed by atoms with Crippen molar-refractivity contribution < 1.29 is 32.5 Å². The fraction of sp³-hybridized carbons (Fsp3) is 0.522. The Kier molecular flexibility index (Phi) is 7.06. The number of aromatic nitrogens is 2. The summed E-state index contributed by atoms with van der Waals surface area (Å²) in [6, 6.07) is 3.76. The molecule has 34 heavy (non-hydrogen) atoms. The standard InChI is InChI=1S/C23H27F3N4O4/c1-12-15(7-4-8-16(12)23(24,25)26)21(32)30-20-19(22-33-9-10-34-22)17(27-13(2)28-20)11-18(31)29-14-5-3-6-14/h4,7-8,14,21-22,32H,3,5-6,9-11H2,1-2H3,(H,29,31)(H,27,28,30). The molecule has 1 saturated carbocycles. The number of alkyl halides is 3. The predicted octanol–water partition coefficient (Wildman–Crippen LogP) is 3.47. The molecule has 2 aliphatic rings. The molecule has 2 heterocycles. The normalized spacial score (nSPS) is 17.9. The topological polar surface area (TPSA) is 106 Å². The van der Waals surface area contributed by atoms with Crippen LogP contribution in [-0.2, 0) is 26.9 Å². The maximum Gasteiger partial charge on any atom is 0.416 e. The van der Waals surface area contributed by atoms with Crippen molar-refractivity contribution in [1.82, 2.24) is 15.3 Å². The molecule has 1 saturated heterocycles. The highest BCUT2D eigenvalue weighted by molar-refractivity contribution is 5.79. The van der Waals surface area contributed by atoms with Crippen molar-refractivity contribution in [3.8, 4) is 0 Å². The molecule has 0 radical (unpaired) electrons. The zero-order valence-electron chi connectivity index (χ0n) is 18.9. The van der Waals surface area contributed by atoms with E-state index in [0.717, 1.165) is 25.3 Å². The van der Waals surface area contributed by atoms with Gasteiger partial charge >= 0.3 is 6.18 Å². The number of halogens is 3. The summed E-state index contributed by atoms with van der Waals surface area (Å²) in [5.74, 6) is 0.251. The number of carbonyl (C=O) groups excluding carboxylic acids is 1. The Hall–Kier alpha value is -2.76. The molecular formula is C23H27F3N4O4. The van der Waals surface area contributed by atoms with Gasteiger partial charge in [0.2, 0.25) is 5.91 Å². The van der Waals surface area contributed by atoms with Crippen molar-refractivity contribution in [2.24, 2.45) is 0 Å². The Balaban J connectivity index is 1.65. The second kappa shape index (κ2) is 9.85. The van der Waals surface area contributed by atoms with Gasteiger partial charge in [0.25, 0.3) is 0 Å². The summed E-state index contributed by atoms with van der Waals surface area (Å²) in [7, 11) is 0. The Morgan fingerprint density at radius 2 is 1.91 bits per heavy atom. The first kappa shape index (κ1) is 24.4. The van der Waals surface area contributed by atoms with E-state index >= 15 is 0 Å². The van der Waals surface area contributed by atoms with Crippen molar-refractivity contribution in [3.05, 3.63) is 52.0 Å². The third kappa shape index (κ3) is 5.31. The molecule has 1 unspecified atom stereocenters. The number of amides is 1. The first-order valence-corrected chi connectivity index (χ1v) is 11.1. The molecule has 0 spiro atoms. The number of nitrogens with zero attached hydrogens (tertiary/aromatic N) is 2. The van der Waals surface area contributed by atoms with E-state index in [2.05, 4.69) is 20.6 Å². The van der Waals surface area contributed by atoms with Crippen LogP contribution in [0.5, 0.6) is 0 Å². The van der Waals surface area contributed by atoms with E-state index in [1.54, 1.807) is 6.92 Å². The van der Waals surface area contributed by atoms with Gasteiger partial charge in [-0.05, 0) is 44.7 Å². The van der Waals surface area contributed by atoms with Crippen LogP contribution in [0.1, 0.15) is 65.6 Å². The predicted molar refractivity (Wildman–Crippen MR) is 116 cm³/mol. The molecular weight excluding hydrogens is 453 g/mol. The van der Waals surface area contributed by atoms with E-state index in [1.165, 1.54) is 19.1 Å². The van der Waals surface area contributed by atoms with Gasteiger partial charge in [-0.3, -0.25) is 4.79 Å². The average molecular weight is 480 g/mol. The first-order valence-electron chi connectivity index (χ1n) is 11.1. The van der Waals surface area contributed by atoms with Gasteiger partial charge in [0.05, 0.1) is 36.5 Å². The van der Waals surface area contributed by atoms with Crippen molar-refractivity contribution >= 4 is 11.7 Å². The highest BCUT2D eigenvalue weighted by atomic mass is 19.4. The molecule has 3 N–H and O–H groups in total. The number of rotatable bonds is 7. The lowest BCUT2D eigenvalue weighted by atomic mass is 9.93. The average Bonchev–Trinajstić information content (AvgIpc) is 3.24. The number of ether oxygens (including phenoxy) is 2. The highest BCUT2D eigenvalue weighted by Gasteiger charge is 2.34.